The van der Waals surface area contributed by atoms with Gasteiger partial charge in [0.25, 0.3) is 29.1 Å². The fraction of sp³-hybridized carbons (Fsp3) is 0.304. The van der Waals surface area contributed by atoms with E-state index in [0.717, 1.165) is 12.1 Å². The highest BCUT2D eigenvalue weighted by Crippen LogP contribution is 2.43. The van der Waals surface area contributed by atoms with E-state index < -0.39 is 57.4 Å². The van der Waals surface area contributed by atoms with Crippen LogP contribution in [0.3, 0.4) is 0 Å². The van der Waals surface area contributed by atoms with E-state index in [1.54, 1.807) is 0 Å². The number of alkyl halides is 2. The van der Waals surface area contributed by atoms with E-state index in [1.165, 1.54) is 36.4 Å². The smallest absolute Gasteiger partial charge is 0.273 e. The Bertz CT molecular complexity index is 1310. The number of Topliss-reactive ketones (excluding diaryl/α,β-unsaturated/α-hetero) is 1. The van der Waals surface area contributed by atoms with Gasteiger partial charge in [-0.15, -0.1) is 0 Å². The summed E-state index contributed by atoms with van der Waals surface area (Å²) in [7, 11) is 0. The lowest BCUT2D eigenvalue weighted by Crippen LogP contribution is -2.52. The fourth-order valence-corrected chi connectivity index (χ4v) is 5.71. The summed E-state index contributed by atoms with van der Waals surface area (Å²) in [5.41, 5.74) is -1.07. The number of fused-ring (bicyclic) bond motifs is 1. The molecule has 0 N–H and O–H groups in total. The van der Waals surface area contributed by atoms with Crippen LogP contribution in [0.1, 0.15) is 33.6 Å². The van der Waals surface area contributed by atoms with Gasteiger partial charge in [-0.25, -0.2) is 5.01 Å². The van der Waals surface area contributed by atoms with E-state index in [2.05, 4.69) is 31.9 Å². The summed E-state index contributed by atoms with van der Waals surface area (Å²) in [6.45, 7) is -0.797. The van der Waals surface area contributed by atoms with Gasteiger partial charge in [0.15, 0.2) is 5.78 Å². The van der Waals surface area contributed by atoms with Crippen LogP contribution in [0, 0.1) is 32.1 Å². The van der Waals surface area contributed by atoms with Crippen LogP contribution in [-0.2, 0) is 9.59 Å². The first-order chi connectivity index (χ1) is 17.5. The van der Waals surface area contributed by atoms with Gasteiger partial charge < -0.3 is 0 Å². The maximum Gasteiger partial charge on any atom is 0.273 e. The quantitative estimate of drug-likeness (QED) is 0.146. The monoisotopic (exact) mass is 636 g/mol. The zero-order valence-electron chi connectivity index (χ0n) is 18.9. The molecule has 14 heteroatoms. The van der Waals surface area contributed by atoms with Crippen LogP contribution in [-0.4, -0.2) is 59.6 Å². The second-order valence-electron chi connectivity index (χ2n) is 8.61. The minimum atomic E-state index is -0.978. The Balaban J connectivity index is 1.73. The summed E-state index contributed by atoms with van der Waals surface area (Å²) in [4.78, 5) is 74.2. The zero-order valence-corrected chi connectivity index (χ0v) is 22.0. The molecule has 4 rings (SSSR count). The van der Waals surface area contributed by atoms with Gasteiger partial charge in [0.2, 0.25) is 0 Å². The number of rotatable bonds is 7. The minimum Gasteiger partial charge on any atom is -0.292 e. The van der Waals surface area contributed by atoms with Crippen molar-refractivity contribution in [2.45, 2.75) is 22.5 Å². The summed E-state index contributed by atoms with van der Waals surface area (Å²) in [6, 6.07) is 9.50. The molecule has 0 radical (unpaired) electrons. The largest absolute Gasteiger partial charge is 0.292 e. The Morgan fingerprint density at radius 1 is 0.865 bits per heavy atom. The van der Waals surface area contributed by atoms with Crippen molar-refractivity contribution >= 4 is 66.7 Å². The van der Waals surface area contributed by atoms with E-state index in [-0.39, 0.29) is 26.5 Å². The first-order valence-electron chi connectivity index (χ1n) is 11.0. The number of hydrogen-bond donors (Lipinski definition) is 0. The summed E-state index contributed by atoms with van der Waals surface area (Å²) < 4.78 is 0. The molecule has 2 fully saturated rings. The molecule has 37 heavy (non-hydrogen) atoms. The highest BCUT2D eigenvalue weighted by Gasteiger charge is 2.54. The van der Waals surface area contributed by atoms with Crippen molar-refractivity contribution < 1.29 is 29.0 Å². The molecular formula is C23H18Br2N4O8. The second kappa shape index (κ2) is 10.5. The Morgan fingerprint density at radius 2 is 1.32 bits per heavy atom. The van der Waals surface area contributed by atoms with Crippen LogP contribution >= 0.6 is 31.9 Å². The average molecular weight is 638 g/mol. The van der Waals surface area contributed by atoms with E-state index in [4.69, 9.17) is 0 Å². The van der Waals surface area contributed by atoms with Gasteiger partial charge in [-0.3, -0.25) is 39.4 Å². The third-order valence-electron chi connectivity index (χ3n) is 6.34. The molecule has 2 aliphatic rings. The van der Waals surface area contributed by atoms with Crippen molar-refractivity contribution in [2.75, 3.05) is 6.54 Å². The average Bonchev–Trinajstić information content (AvgIpc) is 3.11. The maximum absolute atomic E-state index is 13.6. The third-order valence-corrected chi connectivity index (χ3v) is 9.07. The number of nitro groups is 2. The number of ketones is 1. The van der Waals surface area contributed by atoms with E-state index in [9.17, 15) is 39.4 Å². The number of amides is 3. The third kappa shape index (κ3) is 5.16. The maximum atomic E-state index is 13.6. The highest BCUT2D eigenvalue weighted by molar-refractivity contribution is 9.12. The SMILES string of the molecule is O=C(CN(C(=O)c1cccc([N+](=O)[O-])c1)N1C(=O)[C@H]2C[C@@H](Br)[C@@H](Br)C[C@H]2C1=O)c1cccc([N+](=O)[O-])c1. The molecule has 3 amide bonds. The van der Waals surface area contributed by atoms with Crippen molar-refractivity contribution in [1.29, 1.82) is 0 Å². The number of hydrazine groups is 1. The van der Waals surface area contributed by atoms with Crippen molar-refractivity contribution in [3.63, 3.8) is 0 Å². The Kier molecular flexibility index (Phi) is 7.50. The van der Waals surface area contributed by atoms with Crippen LogP contribution < -0.4 is 0 Å². The highest BCUT2D eigenvalue weighted by atomic mass is 79.9. The molecule has 1 heterocycles. The van der Waals surface area contributed by atoms with E-state index in [1.807, 2.05) is 0 Å². The number of carbonyl (C=O) groups excluding carboxylic acids is 4. The molecule has 0 aromatic heterocycles. The van der Waals surface area contributed by atoms with Crippen LogP contribution in [0.25, 0.3) is 0 Å². The second-order valence-corrected chi connectivity index (χ2v) is 11.0. The molecule has 1 saturated heterocycles. The molecule has 0 bridgehead atoms. The summed E-state index contributed by atoms with van der Waals surface area (Å²) in [6.07, 6.45) is 0.638. The predicted molar refractivity (Wildman–Crippen MR) is 135 cm³/mol. The van der Waals surface area contributed by atoms with Gasteiger partial charge in [0.05, 0.1) is 21.7 Å². The first-order valence-corrected chi connectivity index (χ1v) is 12.8. The standard InChI is InChI=1S/C23H18Br2N4O8/c24-18-9-16-17(10-19(18)25)23(33)27(22(16)32)26(21(31)13-4-2-6-15(8-13)29(36)37)11-20(30)12-3-1-5-14(7-12)28(34)35/h1-8,16-19H,9-11H2/t16-,17+,18+,19-. The Hall–Kier alpha value is -3.52. The minimum absolute atomic E-state index is 0.0992. The van der Waals surface area contributed by atoms with Crippen molar-refractivity contribution in [3.8, 4) is 0 Å². The van der Waals surface area contributed by atoms with Gasteiger partial charge in [-0.2, -0.15) is 5.01 Å². The summed E-state index contributed by atoms with van der Waals surface area (Å²) in [5, 5.41) is 23.7. The number of nitro benzene ring substituents is 2. The molecule has 1 saturated carbocycles. The number of halogens is 2. The van der Waals surface area contributed by atoms with Crippen LogP contribution in [0.2, 0.25) is 0 Å². The number of carbonyl (C=O) groups is 4. The molecular weight excluding hydrogens is 620 g/mol. The fourth-order valence-electron chi connectivity index (χ4n) is 4.47. The number of hydrogen-bond acceptors (Lipinski definition) is 8. The lowest BCUT2D eigenvalue weighted by Gasteiger charge is -2.30. The number of benzene rings is 2. The van der Waals surface area contributed by atoms with Gasteiger partial charge in [-0.05, 0) is 18.9 Å². The molecule has 192 valence electrons. The van der Waals surface area contributed by atoms with Crippen LogP contribution in [0.15, 0.2) is 48.5 Å². The molecule has 1 aliphatic carbocycles. The number of imide groups is 1. The van der Waals surface area contributed by atoms with Gasteiger partial charge in [-0.1, -0.05) is 50.1 Å². The zero-order chi connectivity index (χ0) is 27.0. The molecule has 2 aromatic carbocycles. The van der Waals surface area contributed by atoms with Crippen molar-refractivity contribution in [3.05, 3.63) is 79.9 Å². The Morgan fingerprint density at radius 3 is 1.81 bits per heavy atom. The van der Waals surface area contributed by atoms with E-state index in [0.29, 0.717) is 22.9 Å². The molecule has 12 nitrogen and oxygen atoms in total. The molecule has 0 unspecified atom stereocenters. The first kappa shape index (κ1) is 26.5. The van der Waals surface area contributed by atoms with Crippen molar-refractivity contribution in [1.82, 2.24) is 10.0 Å². The van der Waals surface area contributed by atoms with Gasteiger partial charge in [0, 0.05) is 45.0 Å². The molecule has 0 spiro atoms. The van der Waals surface area contributed by atoms with Crippen LogP contribution in [0.4, 0.5) is 11.4 Å². The molecule has 2 aromatic rings. The van der Waals surface area contributed by atoms with Gasteiger partial charge >= 0.3 is 0 Å². The summed E-state index contributed by atoms with van der Waals surface area (Å²) in [5.74, 6) is -4.52. The number of nitrogens with zero attached hydrogens (tertiary/aromatic N) is 4. The Labute approximate surface area is 226 Å². The van der Waals surface area contributed by atoms with E-state index >= 15 is 0 Å². The predicted octanol–water partition coefficient (Wildman–Crippen LogP) is 3.67. The lowest BCUT2D eigenvalue weighted by molar-refractivity contribution is -0.385. The van der Waals surface area contributed by atoms with Crippen molar-refractivity contribution in [2.24, 2.45) is 11.8 Å². The topological polar surface area (TPSA) is 161 Å². The molecule has 4 atom stereocenters. The summed E-state index contributed by atoms with van der Waals surface area (Å²) >= 11 is 6.98. The van der Waals surface area contributed by atoms with Gasteiger partial charge in [0.1, 0.15) is 6.54 Å². The van der Waals surface area contributed by atoms with Crippen LogP contribution in [0.5, 0.6) is 0 Å². The number of non-ortho nitro benzene ring substituents is 2. The lowest BCUT2D eigenvalue weighted by atomic mass is 9.81. The normalized spacial score (nSPS) is 22.9. The molecule has 1 aliphatic heterocycles.